The quantitative estimate of drug-likeness (QED) is 0.802. The zero-order chi connectivity index (χ0) is 17.7. The average molecular weight is 355 g/mol. The Bertz CT molecular complexity index is 685. The fourth-order valence-electron chi connectivity index (χ4n) is 2.58. The van der Waals surface area contributed by atoms with Crippen LogP contribution in [0, 0.1) is 6.92 Å². The Balaban J connectivity index is 1.94. The van der Waals surface area contributed by atoms with E-state index in [1.54, 1.807) is 25.1 Å². The molecule has 0 bridgehead atoms. The maximum absolute atomic E-state index is 12.2. The highest BCUT2D eigenvalue weighted by molar-refractivity contribution is 7.92. The molecule has 1 heterocycles. The number of carbonyl (C=O) groups excluding carboxylic acids is 1. The van der Waals surface area contributed by atoms with Crippen LogP contribution < -0.4 is 9.62 Å². The molecule has 1 aromatic carbocycles. The third-order valence-electron chi connectivity index (χ3n) is 4.11. The number of carbonyl (C=O) groups is 1. The standard InChI is InChI=1S/C16H25N3O4S/c1-13-12-14(4-5-15(13)18(2)24(3,21)22)16(20)17-6-7-19-8-10-23-11-9-19/h4-5,12H,6-11H2,1-3H3,(H,17,20). The molecule has 134 valence electrons. The molecule has 7 nitrogen and oxygen atoms in total. The van der Waals surface area contributed by atoms with Gasteiger partial charge in [-0.3, -0.25) is 14.0 Å². The van der Waals surface area contributed by atoms with Crippen molar-refractivity contribution >= 4 is 21.6 Å². The molecule has 1 N–H and O–H groups in total. The van der Waals surface area contributed by atoms with E-state index in [4.69, 9.17) is 4.74 Å². The number of nitrogens with zero attached hydrogens (tertiary/aromatic N) is 2. The van der Waals surface area contributed by atoms with Crippen LogP contribution in [0.4, 0.5) is 5.69 Å². The van der Waals surface area contributed by atoms with Crippen LogP contribution >= 0.6 is 0 Å². The molecule has 0 spiro atoms. The third-order valence-corrected chi connectivity index (χ3v) is 5.30. The second kappa shape index (κ2) is 7.96. The van der Waals surface area contributed by atoms with Crippen molar-refractivity contribution in [2.24, 2.45) is 0 Å². The number of rotatable bonds is 6. The van der Waals surface area contributed by atoms with Crippen LogP contribution in [0.25, 0.3) is 0 Å². The van der Waals surface area contributed by atoms with Crippen molar-refractivity contribution in [3.63, 3.8) is 0 Å². The predicted octanol–water partition coefficient (Wildman–Crippen LogP) is 0.453. The first-order valence-corrected chi connectivity index (χ1v) is 9.77. The van der Waals surface area contributed by atoms with Gasteiger partial charge in [0.05, 0.1) is 25.2 Å². The number of morpholine rings is 1. The Labute approximate surface area is 143 Å². The van der Waals surface area contributed by atoms with Crippen molar-refractivity contribution in [2.75, 3.05) is 57.0 Å². The highest BCUT2D eigenvalue weighted by Gasteiger charge is 2.16. The summed E-state index contributed by atoms with van der Waals surface area (Å²) in [4.78, 5) is 14.5. The van der Waals surface area contributed by atoms with Crippen molar-refractivity contribution in [1.82, 2.24) is 10.2 Å². The number of aryl methyl sites for hydroxylation is 1. The Hall–Kier alpha value is -1.64. The summed E-state index contributed by atoms with van der Waals surface area (Å²) in [6.07, 6.45) is 1.15. The molecule has 0 saturated carbocycles. The number of hydrogen-bond donors (Lipinski definition) is 1. The Morgan fingerprint density at radius 3 is 2.58 bits per heavy atom. The van der Waals surface area contributed by atoms with Crippen molar-refractivity contribution in [3.8, 4) is 0 Å². The molecule has 1 saturated heterocycles. The van der Waals surface area contributed by atoms with E-state index in [9.17, 15) is 13.2 Å². The summed E-state index contributed by atoms with van der Waals surface area (Å²) in [6.45, 7) is 6.42. The largest absolute Gasteiger partial charge is 0.379 e. The number of hydrogen-bond acceptors (Lipinski definition) is 5. The van der Waals surface area contributed by atoms with Gasteiger partial charge in [-0.2, -0.15) is 0 Å². The molecule has 1 fully saturated rings. The monoisotopic (exact) mass is 355 g/mol. The summed E-state index contributed by atoms with van der Waals surface area (Å²) in [6, 6.07) is 5.02. The smallest absolute Gasteiger partial charge is 0.251 e. The summed E-state index contributed by atoms with van der Waals surface area (Å²) in [5.74, 6) is -0.153. The Kier molecular flexibility index (Phi) is 6.20. The lowest BCUT2D eigenvalue weighted by atomic mass is 10.1. The lowest BCUT2D eigenvalue weighted by Crippen LogP contribution is -2.41. The summed E-state index contributed by atoms with van der Waals surface area (Å²) < 4.78 is 29.8. The molecule has 1 aromatic rings. The maximum atomic E-state index is 12.2. The second-order valence-corrected chi connectivity index (χ2v) is 7.96. The summed E-state index contributed by atoms with van der Waals surface area (Å²) >= 11 is 0. The van der Waals surface area contributed by atoms with E-state index in [1.165, 1.54) is 11.4 Å². The van der Waals surface area contributed by atoms with Gasteiger partial charge in [-0.05, 0) is 30.7 Å². The van der Waals surface area contributed by atoms with E-state index in [0.29, 0.717) is 17.8 Å². The van der Waals surface area contributed by atoms with Gasteiger partial charge < -0.3 is 10.1 Å². The number of benzene rings is 1. The first-order chi connectivity index (χ1) is 11.3. The van der Waals surface area contributed by atoms with Gasteiger partial charge in [0, 0.05) is 38.8 Å². The molecule has 0 aromatic heterocycles. The van der Waals surface area contributed by atoms with E-state index < -0.39 is 10.0 Å². The first kappa shape index (κ1) is 18.7. The van der Waals surface area contributed by atoms with E-state index in [1.807, 2.05) is 0 Å². The molecule has 24 heavy (non-hydrogen) atoms. The van der Waals surface area contributed by atoms with Crippen molar-refractivity contribution in [2.45, 2.75) is 6.92 Å². The zero-order valence-electron chi connectivity index (χ0n) is 14.4. The Morgan fingerprint density at radius 1 is 1.33 bits per heavy atom. The van der Waals surface area contributed by atoms with E-state index >= 15 is 0 Å². The third kappa shape index (κ3) is 4.93. The van der Waals surface area contributed by atoms with Crippen LogP contribution in [0.2, 0.25) is 0 Å². The van der Waals surface area contributed by atoms with Gasteiger partial charge in [-0.1, -0.05) is 0 Å². The molecule has 8 heteroatoms. The number of amides is 1. The van der Waals surface area contributed by atoms with Gasteiger partial charge in [-0.15, -0.1) is 0 Å². The number of anilines is 1. The van der Waals surface area contributed by atoms with Crippen molar-refractivity contribution < 1.29 is 17.9 Å². The van der Waals surface area contributed by atoms with Gasteiger partial charge >= 0.3 is 0 Å². The maximum Gasteiger partial charge on any atom is 0.251 e. The highest BCUT2D eigenvalue weighted by atomic mass is 32.2. The topological polar surface area (TPSA) is 79.0 Å². The van der Waals surface area contributed by atoms with Crippen LogP contribution in [0.15, 0.2) is 18.2 Å². The van der Waals surface area contributed by atoms with Crippen molar-refractivity contribution in [1.29, 1.82) is 0 Å². The molecule has 0 aliphatic carbocycles. The minimum Gasteiger partial charge on any atom is -0.379 e. The fraction of sp³-hybridized carbons (Fsp3) is 0.562. The first-order valence-electron chi connectivity index (χ1n) is 7.92. The summed E-state index contributed by atoms with van der Waals surface area (Å²) in [5.41, 5.74) is 1.84. The summed E-state index contributed by atoms with van der Waals surface area (Å²) in [7, 11) is -1.82. The average Bonchev–Trinajstić information content (AvgIpc) is 2.54. The zero-order valence-corrected chi connectivity index (χ0v) is 15.2. The normalized spacial score (nSPS) is 16.0. The van der Waals surface area contributed by atoms with Crippen molar-refractivity contribution in [3.05, 3.63) is 29.3 Å². The van der Waals surface area contributed by atoms with Crippen LogP contribution in [-0.4, -0.2) is 71.9 Å². The molecule has 2 rings (SSSR count). The molecule has 1 aliphatic heterocycles. The number of sulfonamides is 1. The molecular weight excluding hydrogens is 330 g/mol. The van der Waals surface area contributed by atoms with Crippen LogP contribution in [-0.2, 0) is 14.8 Å². The van der Waals surface area contributed by atoms with Gasteiger partial charge in [0.2, 0.25) is 10.0 Å². The SMILES string of the molecule is Cc1cc(C(=O)NCCN2CCOCC2)ccc1N(C)S(C)(=O)=O. The van der Waals surface area contributed by atoms with Gasteiger partial charge in [0.15, 0.2) is 0 Å². The second-order valence-electron chi connectivity index (χ2n) is 5.94. The number of ether oxygens (including phenoxy) is 1. The van der Waals surface area contributed by atoms with Crippen LogP contribution in [0.3, 0.4) is 0 Å². The molecule has 1 amide bonds. The lowest BCUT2D eigenvalue weighted by Gasteiger charge is -2.26. The van der Waals surface area contributed by atoms with Crippen LogP contribution in [0.5, 0.6) is 0 Å². The summed E-state index contributed by atoms with van der Waals surface area (Å²) in [5, 5.41) is 2.90. The van der Waals surface area contributed by atoms with Gasteiger partial charge in [0.1, 0.15) is 0 Å². The minimum absolute atomic E-state index is 0.153. The Morgan fingerprint density at radius 2 is 2.00 bits per heavy atom. The van der Waals surface area contributed by atoms with E-state index in [2.05, 4.69) is 10.2 Å². The molecule has 0 radical (unpaired) electrons. The van der Waals surface area contributed by atoms with E-state index in [0.717, 1.165) is 44.7 Å². The van der Waals surface area contributed by atoms with Gasteiger partial charge in [-0.25, -0.2) is 8.42 Å². The predicted molar refractivity (Wildman–Crippen MR) is 94.0 cm³/mol. The molecule has 0 atom stereocenters. The molecule has 1 aliphatic rings. The lowest BCUT2D eigenvalue weighted by molar-refractivity contribution is 0.0383. The van der Waals surface area contributed by atoms with Crippen LogP contribution in [0.1, 0.15) is 15.9 Å². The minimum atomic E-state index is -3.32. The number of nitrogens with one attached hydrogen (secondary N) is 1. The fourth-order valence-corrected chi connectivity index (χ4v) is 3.15. The highest BCUT2D eigenvalue weighted by Crippen LogP contribution is 2.22. The molecular formula is C16H25N3O4S. The van der Waals surface area contributed by atoms with E-state index in [-0.39, 0.29) is 5.91 Å². The van der Waals surface area contributed by atoms with Gasteiger partial charge in [0.25, 0.3) is 5.91 Å². The molecule has 0 unspecified atom stereocenters.